The number of benzene rings is 2. The number of hydrogen-bond acceptors (Lipinski definition) is 2. The second-order valence-electron chi connectivity index (χ2n) is 16.6. The number of aliphatic imine (C=N–C) groups is 2. The monoisotopic (exact) mass is 765 g/mol. The number of nitrogens with zero attached hydrogens (tertiary/aromatic N) is 2. The maximum atomic E-state index is 5.22. The van der Waals surface area contributed by atoms with E-state index in [1.54, 1.807) is 0 Å². The van der Waals surface area contributed by atoms with Crippen molar-refractivity contribution >= 4 is 23.3 Å². The van der Waals surface area contributed by atoms with Gasteiger partial charge in [0, 0.05) is 6.21 Å². The zero-order valence-corrected chi connectivity index (χ0v) is 37.2. The van der Waals surface area contributed by atoms with Crippen molar-refractivity contribution in [3.05, 3.63) is 84.0 Å². The summed E-state index contributed by atoms with van der Waals surface area (Å²) in [5.41, 5.74) is 5.99. The first-order valence-corrected chi connectivity index (χ1v) is 24.4. The van der Waals surface area contributed by atoms with E-state index < -0.39 is 0 Å². The van der Waals surface area contributed by atoms with Gasteiger partial charge in [0.25, 0.3) is 0 Å². The Labute approximate surface area is 348 Å². The van der Waals surface area contributed by atoms with Crippen molar-refractivity contribution in [1.29, 1.82) is 0 Å². The van der Waals surface area contributed by atoms with Crippen LogP contribution >= 0.6 is 0 Å². The van der Waals surface area contributed by atoms with E-state index in [2.05, 4.69) is 99.8 Å². The van der Waals surface area contributed by atoms with E-state index in [1.165, 1.54) is 178 Å². The molecule has 0 aromatic heterocycles. The van der Waals surface area contributed by atoms with Gasteiger partial charge in [-0.3, -0.25) is 9.98 Å². The molecule has 0 atom stereocenters. The number of para-hydroxylation sites is 2. The molecule has 314 valence electrons. The summed E-state index contributed by atoms with van der Waals surface area (Å²) in [5, 5.41) is 0. The van der Waals surface area contributed by atoms with Gasteiger partial charge in [-0.05, 0) is 100 Å². The summed E-state index contributed by atoms with van der Waals surface area (Å²) in [7, 11) is 0. The Kier molecular flexibility index (Phi) is 33.4. The highest BCUT2D eigenvalue weighted by Gasteiger charge is 2.05. The third kappa shape index (κ3) is 27.8. The quantitative estimate of drug-likeness (QED) is 0.0370. The van der Waals surface area contributed by atoms with Crippen LogP contribution in [0.1, 0.15) is 231 Å². The fourth-order valence-corrected chi connectivity index (χ4v) is 7.63. The van der Waals surface area contributed by atoms with E-state index in [0.717, 1.165) is 62.0 Å². The molecule has 2 rings (SSSR count). The van der Waals surface area contributed by atoms with E-state index in [4.69, 9.17) is 9.98 Å². The Morgan fingerprint density at radius 3 is 1.20 bits per heavy atom. The number of aryl methyl sites for hydroxylation is 2. The van der Waals surface area contributed by atoms with Crippen LogP contribution < -0.4 is 0 Å². The number of allylic oxidation sites excluding steroid dienone is 4. The minimum absolute atomic E-state index is 0.961. The molecular weight excluding hydrogens is 677 g/mol. The number of rotatable bonds is 38. The molecule has 0 heterocycles. The maximum Gasteiger partial charge on any atom is 0.0665 e. The molecule has 0 aliphatic rings. The molecule has 0 aliphatic carbocycles. The normalized spacial score (nSPS) is 12.3. The first kappa shape index (κ1) is 49.4. The van der Waals surface area contributed by atoms with Gasteiger partial charge < -0.3 is 0 Å². The van der Waals surface area contributed by atoms with Gasteiger partial charge in [0.15, 0.2) is 0 Å². The van der Waals surface area contributed by atoms with E-state index in [9.17, 15) is 0 Å². The lowest BCUT2D eigenvalue weighted by molar-refractivity contribution is 0.550. The number of hydrogen-bond donors (Lipinski definition) is 0. The molecular formula is C54H88N2. The molecule has 0 spiro atoms. The van der Waals surface area contributed by atoms with Gasteiger partial charge in [-0.1, -0.05) is 216 Å². The molecule has 2 heteroatoms. The van der Waals surface area contributed by atoms with Crippen molar-refractivity contribution in [2.45, 2.75) is 233 Å². The molecule has 0 bridgehead atoms. The first-order valence-electron chi connectivity index (χ1n) is 24.4. The lowest BCUT2D eigenvalue weighted by Gasteiger charge is -2.08. The third-order valence-corrected chi connectivity index (χ3v) is 11.3. The van der Waals surface area contributed by atoms with Crippen LogP contribution in [0.15, 0.2) is 82.8 Å². The summed E-state index contributed by atoms with van der Waals surface area (Å²) in [6.07, 6.45) is 55.3. The van der Waals surface area contributed by atoms with Crippen LogP contribution in [0.5, 0.6) is 0 Å². The zero-order valence-electron chi connectivity index (χ0n) is 37.2. The minimum atomic E-state index is 0.961. The van der Waals surface area contributed by atoms with Crippen molar-refractivity contribution in [3.63, 3.8) is 0 Å². The van der Waals surface area contributed by atoms with Gasteiger partial charge in [0.1, 0.15) is 0 Å². The highest BCUT2D eigenvalue weighted by molar-refractivity contribution is 6.31. The van der Waals surface area contributed by atoms with Crippen LogP contribution in [0.25, 0.3) is 0 Å². The van der Waals surface area contributed by atoms with Crippen LogP contribution in [0, 0.1) is 0 Å². The Bertz CT molecular complexity index is 1280. The van der Waals surface area contributed by atoms with Gasteiger partial charge in [0.2, 0.25) is 0 Å². The van der Waals surface area contributed by atoms with Crippen LogP contribution in [0.3, 0.4) is 0 Å². The Morgan fingerprint density at radius 1 is 0.393 bits per heavy atom. The Balaban J connectivity index is 1.72. The highest BCUT2D eigenvalue weighted by Crippen LogP contribution is 2.24. The van der Waals surface area contributed by atoms with E-state index in [-0.39, 0.29) is 0 Å². The van der Waals surface area contributed by atoms with Gasteiger partial charge in [-0.15, -0.1) is 0 Å². The highest BCUT2D eigenvalue weighted by atomic mass is 14.8. The van der Waals surface area contributed by atoms with Crippen molar-refractivity contribution in [2.75, 3.05) is 0 Å². The molecule has 0 saturated heterocycles. The Morgan fingerprint density at radius 2 is 0.750 bits per heavy atom. The molecule has 0 saturated carbocycles. The summed E-state index contributed by atoms with van der Waals surface area (Å²) in [6, 6.07) is 17.5. The van der Waals surface area contributed by atoms with Crippen LogP contribution in [-0.2, 0) is 12.8 Å². The predicted octanol–water partition coefficient (Wildman–Crippen LogP) is 18.5. The average Bonchev–Trinajstić information content (AvgIpc) is 3.22. The largest absolute Gasteiger partial charge is 0.255 e. The topological polar surface area (TPSA) is 24.7 Å². The van der Waals surface area contributed by atoms with Crippen molar-refractivity contribution < 1.29 is 0 Å². The molecule has 0 unspecified atom stereocenters. The van der Waals surface area contributed by atoms with Crippen LogP contribution in [0.2, 0.25) is 0 Å². The van der Waals surface area contributed by atoms with Crippen LogP contribution in [0.4, 0.5) is 11.4 Å². The molecule has 0 radical (unpaired) electrons. The van der Waals surface area contributed by atoms with Gasteiger partial charge in [-0.25, -0.2) is 0 Å². The second-order valence-corrected chi connectivity index (χ2v) is 16.6. The van der Waals surface area contributed by atoms with Gasteiger partial charge in [-0.2, -0.15) is 0 Å². The van der Waals surface area contributed by atoms with Gasteiger partial charge >= 0.3 is 0 Å². The lowest BCUT2D eigenvalue weighted by Crippen LogP contribution is -2.00. The molecule has 0 aliphatic heterocycles. The third-order valence-electron chi connectivity index (χ3n) is 11.3. The Hall–Kier alpha value is -2.74. The second kappa shape index (κ2) is 37.8. The molecule has 2 nitrogen and oxygen atoms in total. The molecule has 56 heavy (non-hydrogen) atoms. The molecule has 0 N–H and O–H groups in total. The van der Waals surface area contributed by atoms with E-state index >= 15 is 0 Å². The van der Waals surface area contributed by atoms with Crippen LogP contribution in [-0.4, -0.2) is 11.9 Å². The van der Waals surface area contributed by atoms with Crippen molar-refractivity contribution in [1.82, 2.24) is 0 Å². The lowest BCUT2D eigenvalue weighted by atomic mass is 10.0. The minimum Gasteiger partial charge on any atom is -0.255 e. The van der Waals surface area contributed by atoms with Crippen molar-refractivity contribution in [3.8, 4) is 0 Å². The summed E-state index contributed by atoms with van der Waals surface area (Å²) in [6.45, 7) is 6.86. The summed E-state index contributed by atoms with van der Waals surface area (Å²) in [5.74, 6) is 0. The maximum absolute atomic E-state index is 5.22. The molecule has 0 amide bonds. The molecule has 2 aromatic rings. The predicted molar refractivity (Wildman–Crippen MR) is 254 cm³/mol. The summed E-state index contributed by atoms with van der Waals surface area (Å²) in [4.78, 5) is 10.3. The van der Waals surface area contributed by atoms with Gasteiger partial charge in [0.05, 0.1) is 17.1 Å². The first-order chi connectivity index (χ1) is 27.8. The smallest absolute Gasteiger partial charge is 0.0665 e. The fourth-order valence-electron chi connectivity index (χ4n) is 7.63. The van der Waals surface area contributed by atoms with Crippen molar-refractivity contribution in [2.24, 2.45) is 9.98 Å². The van der Waals surface area contributed by atoms with E-state index in [0.29, 0.717) is 0 Å². The standard InChI is InChI=1S/C54H88N2/c1-4-7-10-12-14-16-18-20-22-24-26-28-30-32-34-36-42-50-44-38-40-47-53(50)55-49-52(46-9-6-3)56-54-48-41-39-45-51(54)43-37-35-33-31-29-27-25-23-21-19-17-15-13-11-8-5-2/h30-33,38-41,44-45,47-49H,4-29,34-37,42-43,46H2,1-3H3. The average molecular weight is 765 g/mol. The van der Waals surface area contributed by atoms with E-state index in [1.807, 2.05) is 0 Å². The summed E-state index contributed by atoms with van der Waals surface area (Å²) < 4.78 is 0. The fraction of sp³-hybridized carbons (Fsp3) is 0.667. The number of unbranched alkanes of at least 4 members (excludes halogenated alkanes) is 25. The zero-order chi connectivity index (χ0) is 39.8. The molecule has 0 fully saturated rings. The molecule has 2 aromatic carbocycles. The SMILES string of the molecule is CCCCCCCCCCCCCC=CCCCc1ccccc1N=CC(CCCC)=Nc1ccccc1CCCC=CCCCCCCCCCCCCC. The summed E-state index contributed by atoms with van der Waals surface area (Å²) >= 11 is 0.